The lowest BCUT2D eigenvalue weighted by Gasteiger charge is -2.36. The van der Waals surface area contributed by atoms with E-state index >= 15 is 0 Å². The second-order valence-electron chi connectivity index (χ2n) is 8.78. The van der Waals surface area contributed by atoms with Gasteiger partial charge in [0.2, 0.25) is 5.91 Å². The predicted octanol–water partition coefficient (Wildman–Crippen LogP) is -0.649. The first-order valence-electron chi connectivity index (χ1n) is 11.7. The number of hydrogen-bond donors (Lipinski definition) is 2. The molecular formula is C23H32N6O5. The number of hydrazine groups is 1. The Bertz CT molecular complexity index is 914. The van der Waals surface area contributed by atoms with Crippen LogP contribution >= 0.6 is 0 Å². The molecule has 1 aromatic carbocycles. The molecule has 0 unspecified atom stereocenters. The van der Waals surface area contributed by atoms with E-state index in [1.165, 1.54) is 0 Å². The molecule has 0 bridgehead atoms. The van der Waals surface area contributed by atoms with Crippen molar-refractivity contribution in [2.45, 2.75) is 18.9 Å². The number of piperazine rings is 1. The molecule has 0 radical (unpaired) electrons. The largest absolute Gasteiger partial charge is 0.379 e. The van der Waals surface area contributed by atoms with Crippen LogP contribution in [0.15, 0.2) is 30.3 Å². The summed E-state index contributed by atoms with van der Waals surface area (Å²) in [6.07, 6.45) is 0.356. The lowest BCUT2D eigenvalue weighted by Crippen LogP contribution is -2.55. The lowest BCUT2D eigenvalue weighted by molar-refractivity contribution is -0.140. The van der Waals surface area contributed by atoms with Crippen molar-refractivity contribution >= 4 is 23.8 Å². The Morgan fingerprint density at radius 3 is 2.26 bits per heavy atom. The number of urea groups is 1. The molecule has 0 aliphatic carbocycles. The fourth-order valence-electron chi connectivity index (χ4n) is 4.61. The Morgan fingerprint density at radius 1 is 0.971 bits per heavy atom. The molecule has 0 spiro atoms. The molecule has 5 amide bonds. The molecule has 1 aromatic rings. The van der Waals surface area contributed by atoms with Gasteiger partial charge in [0.05, 0.1) is 26.3 Å². The predicted molar refractivity (Wildman–Crippen MR) is 122 cm³/mol. The third-order valence-electron chi connectivity index (χ3n) is 6.68. The molecule has 1 atom stereocenters. The van der Waals surface area contributed by atoms with Gasteiger partial charge in [0, 0.05) is 39.3 Å². The first-order valence-corrected chi connectivity index (χ1v) is 11.7. The minimum absolute atomic E-state index is 0.0347. The van der Waals surface area contributed by atoms with Crippen LogP contribution in [0.1, 0.15) is 18.9 Å². The smallest absolute Gasteiger partial charge is 0.344 e. The third kappa shape index (κ3) is 5.06. The van der Waals surface area contributed by atoms with E-state index in [4.69, 9.17) is 4.74 Å². The van der Waals surface area contributed by atoms with Crippen LogP contribution < -0.4 is 10.7 Å². The second-order valence-corrected chi connectivity index (χ2v) is 8.78. The number of amides is 5. The molecule has 11 heteroatoms. The number of nitrogens with zero attached hydrogens (tertiary/aromatic N) is 4. The van der Waals surface area contributed by atoms with Gasteiger partial charge < -0.3 is 15.0 Å². The van der Waals surface area contributed by atoms with Crippen LogP contribution in [0.2, 0.25) is 0 Å². The maximum Gasteiger partial charge on any atom is 0.344 e. The van der Waals surface area contributed by atoms with E-state index in [2.05, 4.69) is 15.6 Å². The number of morpholine rings is 1. The number of rotatable bonds is 7. The molecule has 184 valence electrons. The first kappa shape index (κ1) is 24.1. The van der Waals surface area contributed by atoms with Crippen LogP contribution in [0.3, 0.4) is 0 Å². The fourth-order valence-corrected chi connectivity index (χ4v) is 4.61. The van der Waals surface area contributed by atoms with Gasteiger partial charge in [-0.25, -0.2) is 4.79 Å². The lowest BCUT2D eigenvalue weighted by atomic mass is 9.87. The highest BCUT2D eigenvalue weighted by Gasteiger charge is 2.52. The van der Waals surface area contributed by atoms with Gasteiger partial charge in [0.25, 0.3) is 11.8 Å². The van der Waals surface area contributed by atoms with Crippen molar-refractivity contribution in [3.05, 3.63) is 35.9 Å². The molecule has 4 rings (SSSR count). The zero-order valence-corrected chi connectivity index (χ0v) is 19.5. The topological polar surface area (TPSA) is 115 Å². The van der Waals surface area contributed by atoms with Crippen molar-refractivity contribution in [2.75, 3.05) is 65.6 Å². The van der Waals surface area contributed by atoms with E-state index in [1.54, 1.807) is 24.3 Å². The highest BCUT2D eigenvalue weighted by molar-refractivity contribution is 6.08. The number of carbonyl (C=O) groups is 4. The fraction of sp³-hybridized carbons (Fsp3) is 0.565. The van der Waals surface area contributed by atoms with Crippen LogP contribution in [0, 0.1) is 0 Å². The molecule has 0 aromatic heterocycles. The first-order chi connectivity index (χ1) is 16.4. The van der Waals surface area contributed by atoms with Gasteiger partial charge in [-0.3, -0.25) is 29.6 Å². The van der Waals surface area contributed by atoms with Crippen LogP contribution in [-0.4, -0.2) is 109 Å². The number of benzene rings is 1. The number of carbonyl (C=O) groups excluding carboxylic acids is 4. The third-order valence-corrected chi connectivity index (χ3v) is 6.68. The maximum absolute atomic E-state index is 13.1. The van der Waals surface area contributed by atoms with Gasteiger partial charge >= 0.3 is 6.03 Å². The summed E-state index contributed by atoms with van der Waals surface area (Å²) in [6, 6.07) is 8.36. The molecule has 3 fully saturated rings. The monoisotopic (exact) mass is 472 g/mol. The zero-order chi connectivity index (χ0) is 24.1. The highest BCUT2D eigenvalue weighted by atomic mass is 16.5. The van der Waals surface area contributed by atoms with Crippen molar-refractivity contribution < 1.29 is 23.9 Å². The van der Waals surface area contributed by atoms with E-state index in [9.17, 15) is 19.2 Å². The van der Waals surface area contributed by atoms with Gasteiger partial charge in [0.1, 0.15) is 5.54 Å². The quantitative estimate of drug-likeness (QED) is 0.507. The summed E-state index contributed by atoms with van der Waals surface area (Å²) in [4.78, 5) is 56.7. The standard InChI is InChI=1S/C23H32N6O5/c1-2-23(18-6-4-3-5-7-18)21(32)29(22(33)24-23)25-19(30)16-26-8-10-28(11-9-26)20(31)17-27-12-14-34-15-13-27/h3-7H,2,8-17H2,1H3,(H,24,33)(H,25,30)/t23-/m1/s1. The molecule has 2 N–H and O–H groups in total. The molecule has 3 saturated heterocycles. The summed E-state index contributed by atoms with van der Waals surface area (Å²) >= 11 is 0. The van der Waals surface area contributed by atoms with Crippen LogP contribution in [0.25, 0.3) is 0 Å². The Hall–Kier alpha value is -3.02. The maximum atomic E-state index is 13.1. The van der Waals surface area contributed by atoms with E-state index in [1.807, 2.05) is 22.8 Å². The Balaban J connectivity index is 1.27. The van der Waals surface area contributed by atoms with Gasteiger partial charge in [-0.2, -0.15) is 5.01 Å². The Morgan fingerprint density at radius 2 is 1.62 bits per heavy atom. The molecule has 0 saturated carbocycles. The van der Waals surface area contributed by atoms with Crippen molar-refractivity contribution in [2.24, 2.45) is 0 Å². The second kappa shape index (κ2) is 10.5. The Kier molecular flexibility index (Phi) is 7.44. The van der Waals surface area contributed by atoms with Gasteiger partial charge in [-0.05, 0) is 12.0 Å². The summed E-state index contributed by atoms with van der Waals surface area (Å²) in [6.45, 7) is 7.23. The van der Waals surface area contributed by atoms with E-state index in [0.29, 0.717) is 57.9 Å². The number of hydrogen-bond acceptors (Lipinski definition) is 7. The summed E-state index contributed by atoms with van der Waals surface area (Å²) < 4.78 is 5.32. The number of imide groups is 1. The molecular weight excluding hydrogens is 440 g/mol. The SMILES string of the molecule is CC[C@]1(c2ccccc2)NC(=O)N(NC(=O)CN2CCN(C(=O)CN3CCOCC3)CC2)C1=O. The summed E-state index contributed by atoms with van der Waals surface area (Å²) in [5.74, 6) is -0.864. The van der Waals surface area contributed by atoms with Gasteiger partial charge in [-0.15, -0.1) is 0 Å². The minimum Gasteiger partial charge on any atom is -0.379 e. The number of ether oxygens (including phenoxy) is 1. The van der Waals surface area contributed by atoms with Crippen molar-refractivity contribution in [1.82, 2.24) is 30.5 Å². The van der Waals surface area contributed by atoms with Crippen molar-refractivity contribution in [3.63, 3.8) is 0 Å². The highest BCUT2D eigenvalue weighted by Crippen LogP contribution is 2.31. The van der Waals surface area contributed by atoms with E-state index in [0.717, 1.165) is 18.1 Å². The molecule has 34 heavy (non-hydrogen) atoms. The average Bonchev–Trinajstić information content (AvgIpc) is 3.10. The normalized spacial score (nSPS) is 24.3. The van der Waals surface area contributed by atoms with Crippen LogP contribution in [0.4, 0.5) is 4.79 Å². The van der Waals surface area contributed by atoms with Crippen LogP contribution in [0.5, 0.6) is 0 Å². The number of nitrogens with one attached hydrogen (secondary N) is 2. The van der Waals surface area contributed by atoms with Crippen molar-refractivity contribution in [1.29, 1.82) is 0 Å². The molecule has 11 nitrogen and oxygen atoms in total. The van der Waals surface area contributed by atoms with Crippen LogP contribution in [-0.2, 0) is 24.7 Å². The van der Waals surface area contributed by atoms with Gasteiger partial charge in [0.15, 0.2) is 0 Å². The molecule has 3 aliphatic heterocycles. The molecule has 3 aliphatic rings. The summed E-state index contributed by atoms with van der Waals surface area (Å²) in [7, 11) is 0. The summed E-state index contributed by atoms with van der Waals surface area (Å²) in [5, 5.41) is 3.53. The van der Waals surface area contributed by atoms with E-state index < -0.39 is 23.4 Å². The van der Waals surface area contributed by atoms with Gasteiger partial charge in [-0.1, -0.05) is 37.3 Å². The summed E-state index contributed by atoms with van der Waals surface area (Å²) in [5.41, 5.74) is 1.94. The van der Waals surface area contributed by atoms with Crippen molar-refractivity contribution in [3.8, 4) is 0 Å². The zero-order valence-electron chi connectivity index (χ0n) is 19.5. The molecule has 3 heterocycles. The Labute approximate surface area is 198 Å². The van der Waals surface area contributed by atoms with E-state index in [-0.39, 0.29) is 12.5 Å². The minimum atomic E-state index is -1.20. The average molecular weight is 473 g/mol.